The summed E-state index contributed by atoms with van der Waals surface area (Å²) in [7, 11) is 0. The summed E-state index contributed by atoms with van der Waals surface area (Å²) < 4.78 is 1.05. The number of rotatable bonds is 4. The van der Waals surface area contributed by atoms with E-state index in [1.807, 2.05) is 36.4 Å². The molecular weight excluding hydrogens is 290 g/mol. The van der Waals surface area contributed by atoms with Gasteiger partial charge >= 0.3 is 0 Å². The van der Waals surface area contributed by atoms with E-state index in [1.165, 1.54) is 0 Å². The van der Waals surface area contributed by atoms with Gasteiger partial charge < -0.3 is 5.32 Å². The molecule has 2 nitrogen and oxygen atoms in total. The molecule has 2 aromatic rings. The van der Waals surface area contributed by atoms with Crippen LogP contribution in [0.2, 0.25) is 0 Å². The van der Waals surface area contributed by atoms with Gasteiger partial charge in [0, 0.05) is 16.6 Å². The lowest BCUT2D eigenvalue weighted by atomic mass is 10.1. The molecule has 0 unspecified atom stereocenters. The Bertz CT molecular complexity index is 565. The Kier molecular flexibility index (Phi) is 4.37. The summed E-state index contributed by atoms with van der Waals surface area (Å²) >= 11 is 3.51. The topological polar surface area (TPSA) is 29.1 Å². The van der Waals surface area contributed by atoms with Crippen molar-refractivity contribution in [1.82, 2.24) is 5.32 Å². The van der Waals surface area contributed by atoms with Gasteiger partial charge in [-0.2, -0.15) is 0 Å². The largest absolute Gasteiger partial charge is 0.352 e. The first kappa shape index (κ1) is 13.1. The van der Waals surface area contributed by atoms with Gasteiger partial charge in [-0.25, -0.2) is 0 Å². The monoisotopic (exact) mass is 305 g/mol. The number of unbranched alkanes of at least 4 members (excludes halogenated alkanes) is 1. The van der Waals surface area contributed by atoms with E-state index in [-0.39, 0.29) is 5.91 Å². The predicted octanol–water partition coefficient (Wildman–Crippen LogP) is 4.13. The van der Waals surface area contributed by atoms with Gasteiger partial charge in [-0.1, -0.05) is 47.5 Å². The highest BCUT2D eigenvalue weighted by Crippen LogP contribution is 2.24. The Hall–Kier alpha value is -1.35. The molecule has 0 saturated heterocycles. The molecule has 0 aliphatic rings. The van der Waals surface area contributed by atoms with Crippen molar-refractivity contribution in [3.8, 4) is 0 Å². The quantitative estimate of drug-likeness (QED) is 0.845. The van der Waals surface area contributed by atoms with Crippen LogP contribution in [0.1, 0.15) is 30.1 Å². The maximum absolute atomic E-state index is 11.9. The number of carbonyl (C=O) groups is 1. The zero-order valence-electron chi connectivity index (χ0n) is 10.4. The van der Waals surface area contributed by atoms with Gasteiger partial charge in [0.05, 0.1) is 0 Å². The van der Waals surface area contributed by atoms with E-state index in [9.17, 15) is 4.79 Å². The maximum atomic E-state index is 11.9. The standard InChI is InChI=1S/C15H16BrNO/c1-2-3-9-17-15(18)12-7-8-13-11(10-12)5-4-6-14(13)16/h4-8,10H,2-3,9H2,1H3,(H,17,18). The molecule has 1 N–H and O–H groups in total. The number of carbonyl (C=O) groups excluding carboxylic acids is 1. The lowest BCUT2D eigenvalue weighted by molar-refractivity contribution is 0.0953. The van der Waals surface area contributed by atoms with Crippen LogP contribution < -0.4 is 5.32 Å². The van der Waals surface area contributed by atoms with E-state index in [2.05, 4.69) is 28.2 Å². The van der Waals surface area contributed by atoms with Crippen molar-refractivity contribution in [3.63, 3.8) is 0 Å². The van der Waals surface area contributed by atoms with Gasteiger partial charge in [0.25, 0.3) is 5.91 Å². The maximum Gasteiger partial charge on any atom is 0.251 e. The Balaban J connectivity index is 2.22. The van der Waals surface area contributed by atoms with Gasteiger partial charge in [-0.05, 0) is 35.4 Å². The molecule has 0 aliphatic heterocycles. The zero-order chi connectivity index (χ0) is 13.0. The summed E-state index contributed by atoms with van der Waals surface area (Å²) in [5.74, 6) is 0.00493. The molecule has 0 radical (unpaired) electrons. The first-order valence-corrected chi connectivity index (χ1v) is 6.98. The molecule has 0 spiro atoms. The summed E-state index contributed by atoms with van der Waals surface area (Å²) in [4.78, 5) is 11.9. The third-order valence-corrected chi connectivity index (χ3v) is 3.60. The van der Waals surface area contributed by atoms with Crippen LogP contribution in [-0.4, -0.2) is 12.5 Å². The highest BCUT2D eigenvalue weighted by atomic mass is 79.9. The number of fused-ring (bicyclic) bond motifs is 1. The fourth-order valence-electron chi connectivity index (χ4n) is 1.87. The van der Waals surface area contributed by atoms with E-state index in [0.717, 1.165) is 40.2 Å². The summed E-state index contributed by atoms with van der Waals surface area (Å²) in [5.41, 5.74) is 0.719. The molecular formula is C15H16BrNO. The van der Waals surface area contributed by atoms with Gasteiger partial charge in [0.15, 0.2) is 0 Å². The average molecular weight is 306 g/mol. The lowest BCUT2D eigenvalue weighted by Crippen LogP contribution is -2.24. The third kappa shape index (κ3) is 2.91. The van der Waals surface area contributed by atoms with Crippen molar-refractivity contribution < 1.29 is 4.79 Å². The molecule has 0 heterocycles. The summed E-state index contributed by atoms with van der Waals surface area (Å²) in [6.45, 7) is 2.85. The first-order chi connectivity index (χ1) is 8.72. The van der Waals surface area contributed by atoms with Crippen molar-refractivity contribution in [2.75, 3.05) is 6.54 Å². The highest BCUT2D eigenvalue weighted by molar-refractivity contribution is 9.10. The molecule has 3 heteroatoms. The average Bonchev–Trinajstić information content (AvgIpc) is 2.39. The fraction of sp³-hybridized carbons (Fsp3) is 0.267. The Morgan fingerprint density at radius 1 is 1.28 bits per heavy atom. The van der Waals surface area contributed by atoms with Crippen LogP contribution >= 0.6 is 15.9 Å². The molecule has 2 rings (SSSR count). The van der Waals surface area contributed by atoms with Crippen molar-refractivity contribution in [2.24, 2.45) is 0 Å². The normalized spacial score (nSPS) is 10.6. The van der Waals surface area contributed by atoms with Crippen LogP contribution in [0.3, 0.4) is 0 Å². The van der Waals surface area contributed by atoms with Gasteiger partial charge in [0.2, 0.25) is 0 Å². The SMILES string of the molecule is CCCCNC(=O)c1ccc2c(Br)cccc2c1. The summed E-state index contributed by atoms with van der Waals surface area (Å²) in [6, 6.07) is 11.8. The van der Waals surface area contributed by atoms with Crippen molar-refractivity contribution >= 4 is 32.6 Å². The molecule has 94 valence electrons. The van der Waals surface area contributed by atoms with Crippen LogP contribution in [0.5, 0.6) is 0 Å². The molecule has 0 fully saturated rings. The van der Waals surface area contributed by atoms with Crippen molar-refractivity contribution in [3.05, 3.63) is 46.4 Å². The highest BCUT2D eigenvalue weighted by Gasteiger charge is 2.06. The molecule has 1 amide bonds. The summed E-state index contributed by atoms with van der Waals surface area (Å²) in [5, 5.41) is 5.13. The fourth-order valence-corrected chi connectivity index (χ4v) is 2.38. The molecule has 0 aromatic heterocycles. The van der Waals surface area contributed by atoms with Crippen molar-refractivity contribution in [1.29, 1.82) is 0 Å². The molecule has 0 aliphatic carbocycles. The number of amides is 1. The minimum absolute atomic E-state index is 0.00493. The number of benzene rings is 2. The smallest absolute Gasteiger partial charge is 0.251 e. The van der Waals surface area contributed by atoms with Gasteiger partial charge in [-0.3, -0.25) is 4.79 Å². The Labute approximate surface area is 116 Å². The molecule has 18 heavy (non-hydrogen) atoms. The Morgan fingerprint density at radius 2 is 2.11 bits per heavy atom. The van der Waals surface area contributed by atoms with Crippen LogP contribution in [0, 0.1) is 0 Å². The van der Waals surface area contributed by atoms with Crippen LogP contribution in [-0.2, 0) is 0 Å². The Morgan fingerprint density at radius 3 is 2.89 bits per heavy atom. The second-order valence-electron chi connectivity index (χ2n) is 4.29. The molecule has 0 saturated carbocycles. The lowest BCUT2D eigenvalue weighted by Gasteiger charge is -2.06. The van der Waals surface area contributed by atoms with Gasteiger partial charge in [0.1, 0.15) is 0 Å². The molecule has 2 aromatic carbocycles. The molecule has 0 bridgehead atoms. The minimum atomic E-state index is 0.00493. The van der Waals surface area contributed by atoms with E-state index in [1.54, 1.807) is 0 Å². The predicted molar refractivity (Wildman–Crippen MR) is 78.9 cm³/mol. The molecule has 0 atom stereocenters. The van der Waals surface area contributed by atoms with E-state index in [0.29, 0.717) is 0 Å². The number of hydrogen-bond acceptors (Lipinski definition) is 1. The van der Waals surface area contributed by atoms with E-state index in [4.69, 9.17) is 0 Å². The van der Waals surface area contributed by atoms with Crippen molar-refractivity contribution in [2.45, 2.75) is 19.8 Å². The second-order valence-corrected chi connectivity index (χ2v) is 5.14. The first-order valence-electron chi connectivity index (χ1n) is 6.19. The third-order valence-electron chi connectivity index (χ3n) is 2.91. The van der Waals surface area contributed by atoms with Crippen LogP contribution in [0.15, 0.2) is 40.9 Å². The number of halogens is 1. The zero-order valence-corrected chi connectivity index (χ0v) is 12.0. The summed E-state index contributed by atoms with van der Waals surface area (Å²) in [6.07, 6.45) is 2.11. The number of nitrogens with one attached hydrogen (secondary N) is 1. The van der Waals surface area contributed by atoms with Crippen LogP contribution in [0.25, 0.3) is 10.8 Å². The van der Waals surface area contributed by atoms with E-state index >= 15 is 0 Å². The minimum Gasteiger partial charge on any atom is -0.352 e. The second kappa shape index (κ2) is 6.01. The number of hydrogen-bond donors (Lipinski definition) is 1. The van der Waals surface area contributed by atoms with Crippen LogP contribution in [0.4, 0.5) is 0 Å². The van der Waals surface area contributed by atoms with E-state index < -0.39 is 0 Å². The van der Waals surface area contributed by atoms with Gasteiger partial charge in [-0.15, -0.1) is 0 Å².